The van der Waals surface area contributed by atoms with E-state index in [1.54, 1.807) is 12.3 Å². The van der Waals surface area contributed by atoms with E-state index in [0.29, 0.717) is 11.5 Å². The van der Waals surface area contributed by atoms with Crippen molar-refractivity contribution in [3.63, 3.8) is 0 Å². The standard InChI is InChI=1S/C19H21N5O2/c1-12(2)17-10-15(23-26-17)19(25)22-14-6-5-7-16-13(14)11-21-24(16)18-8-3-4-9-20-18/h3-4,8-12,14H,5-7H2,1-2H3,(H,22,25)/t14-/m1/s1. The summed E-state index contributed by atoms with van der Waals surface area (Å²) in [4.78, 5) is 16.9. The van der Waals surface area contributed by atoms with Crippen LogP contribution in [0.25, 0.3) is 5.82 Å². The monoisotopic (exact) mass is 351 g/mol. The number of aromatic nitrogens is 4. The Morgan fingerprint density at radius 1 is 1.38 bits per heavy atom. The normalized spacial score (nSPS) is 16.5. The summed E-state index contributed by atoms with van der Waals surface area (Å²) in [5.41, 5.74) is 2.46. The molecule has 0 fully saturated rings. The number of rotatable bonds is 4. The van der Waals surface area contributed by atoms with Gasteiger partial charge in [-0.05, 0) is 31.4 Å². The lowest BCUT2D eigenvalue weighted by Gasteiger charge is -2.23. The van der Waals surface area contributed by atoms with Crippen LogP contribution >= 0.6 is 0 Å². The Kier molecular flexibility index (Phi) is 4.28. The Morgan fingerprint density at radius 2 is 2.27 bits per heavy atom. The quantitative estimate of drug-likeness (QED) is 0.780. The highest BCUT2D eigenvalue weighted by Crippen LogP contribution is 2.31. The van der Waals surface area contributed by atoms with Gasteiger partial charge in [0.1, 0.15) is 5.76 Å². The molecule has 3 heterocycles. The van der Waals surface area contributed by atoms with Crippen molar-refractivity contribution < 1.29 is 9.32 Å². The first-order chi connectivity index (χ1) is 12.6. The summed E-state index contributed by atoms with van der Waals surface area (Å²) in [7, 11) is 0. The van der Waals surface area contributed by atoms with E-state index in [1.165, 1.54) is 0 Å². The Morgan fingerprint density at radius 3 is 3.00 bits per heavy atom. The molecule has 0 spiro atoms. The molecular formula is C19H21N5O2. The number of nitrogens with zero attached hydrogens (tertiary/aromatic N) is 4. The Hall–Kier alpha value is -2.96. The van der Waals surface area contributed by atoms with E-state index in [1.807, 2.05) is 42.9 Å². The molecule has 0 aromatic carbocycles. The molecule has 1 atom stereocenters. The summed E-state index contributed by atoms with van der Waals surface area (Å²) in [6, 6.07) is 7.38. The summed E-state index contributed by atoms with van der Waals surface area (Å²) in [5.74, 6) is 1.48. The van der Waals surface area contributed by atoms with E-state index in [2.05, 4.69) is 20.6 Å². The second-order valence-corrected chi connectivity index (χ2v) is 6.83. The molecule has 4 rings (SSSR count). The van der Waals surface area contributed by atoms with Crippen LogP contribution in [-0.2, 0) is 6.42 Å². The minimum atomic E-state index is -0.218. The zero-order valence-electron chi connectivity index (χ0n) is 14.8. The lowest BCUT2D eigenvalue weighted by atomic mass is 9.93. The molecule has 7 nitrogen and oxygen atoms in total. The van der Waals surface area contributed by atoms with E-state index >= 15 is 0 Å². The number of carbonyl (C=O) groups is 1. The van der Waals surface area contributed by atoms with Gasteiger partial charge in [-0.1, -0.05) is 25.1 Å². The first-order valence-corrected chi connectivity index (χ1v) is 8.89. The summed E-state index contributed by atoms with van der Waals surface area (Å²) >= 11 is 0. The van der Waals surface area contributed by atoms with Crippen LogP contribution in [0.5, 0.6) is 0 Å². The van der Waals surface area contributed by atoms with Crippen LogP contribution in [0.15, 0.2) is 41.2 Å². The molecule has 7 heteroatoms. The van der Waals surface area contributed by atoms with E-state index < -0.39 is 0 Å². The Labute approximate surface area is 151 Å². The number of hydrogen-bond donors (Lipinski definition) is 1. The van der Waals surface area contributed by atoms with Crippen molar-refractivity contribution in [2.45, 2.75) is 45.1 Å². The molecule has 0 saturated carbocycles. The molecule has 1 N–H and O–H groups in total. The van der Waals surface area contributed by atoms with Gasteiger partial charge >= 0.3 is 0 Å². The van der Waals surface area contributed by atoms with Gasteiger partial charge in [0.25, 0.3) is 5.91 Å². The predicted octanol–water partition coefficient (Wildman–Crippen LogP) is 3.19. The minimum absolute atomic E-state index is 0.0806. The fourth-order valence-corrected chi connectivity index (χ4v) is 3.28. The molecule has 3 aromatic heterocycles. The first kappa shape index (κ1) is 16.5. The van der Waals surface area contributed by atoms with Gasteiger partial charge in [0.15, 0.2) is 11.5 Å². The molecule has 0 radical (unpaired) electrons. The van der Waals surface area contributed by atoms with Crippen LogP contribution in [0.3, 0.4) is 0 Å². The van der Waals surface area contributed by atoms with Crippen LogP contribution < -0.4 is 5.32 Å². The average molecular weight is 351 g/mol. The van der Waals surface area contributed by atoms with Crippen molar-refractivity contribution in [3.05, 3.63) is 59.4 Å². The van der Waals surface area contributed by atoms with Gasteiger partial charge in [0, 0.05) is 23.7 Å². The molecule has 134 valence electrons. The molecule has 1 amide bonds. The van der Waals surface area contributed by atoms with Gasteiger partial charge in [0.05, 0.1) is 17.9 Å². The van der Waals surface area contributed by atoms with Crippen molar-refractivity contribution in [3.8, 4) is 5.82 Å². The van der Waals surface area contributed by atoms with E-state index in [0.717, 1.165) is 36.3 Å². The minimum Gasteiger partial charge on any atom is -0.360 e. The molecule has 1 aliphatic carbocycles. The molecule has 0 bridgehead atoms. The third-order valence-corrected chi connectivity index (χ3v) is 4.68. The van der Waals surface area contributed by atoms with Crippen molar-refractivity contribution in [1.82, 2.24) is 25.2 Å². The van der Waals surface area contributed by atoms with Gasteiger partial charge < -0.3 is 9.84 Å². The fraction of sp³-hybridized carbons (Fsp3) is 0.368. The molecule has 26 heavy (non-hydrogen) atoms. The summed E-state index contributed by atoms with van der Waals surface area (Å²) < 4.78 is 7.09. The zero-order chi connectivity index (χ0) is 18.1. The van der Waals surface area contributed by atoms with Crippen LogP contribution in [0.2, 0.25) is 0 Å². The number of pyridine rings is 1. The van der Waals surface area contributed by atoms with Crippen molar-refractivity contribution >= 4 is 5.91 Å². The number of carbonyl (C=O) groups excluding carboxylic acids is 1. The number of fused-ring (bicyclic) bond motifs is 1. The van der Waals surface area contributed by atoms with Gasteiger partial charge in [-0.3, -0.25) is 4.79 Å². The molecule has 1 aliphatic rings. The zero-order valence-corrected chi connectivity index (χ0v) is 14.8. The topological polar surface area (TPSA) is 85.8 Å². The van der Waals surface area contributed by atoms with Crippen molar-refractivity contribution in [2.24, 2.45) is 0 Å². The molecule has 0 aliphatic heterocycles. The van der Waals surface area contributed by atoms with Crippen LogP contribution in [0, 0.1) is 0 Å². The molecule has 0 saturated heterocycles. The third-order valence-electron chi connectivity index (χ3n) is 4.68. The first-order valence-electron chi connectivity index (χ1n) is 8.89. The highest BCUT2D eigenvalue weighted by atomic mass is 16.5. The molecular weight excluding hydrogens is 330 g/mol. The van der Waals surface area contributed by atoms with Gasteiger partial charge in [0.2, 0.25) is 0 Å². The second-order valence-electron chi connectivity index (χ2n) is 6.83. The third kappa shape index (κ3) is 3.00. The smallest absolute Gasteiger partial charge is 0.273 e. The predicted molar refractivity (Wildman–Crippen MR) is 95.1 cm³/mol. The summed E-state index contributed by atoms with van der Waals surface area (Å²) in [6.07, 6.45) is 6.35. The molecule has 3 aromatic rings. The maximum atomic E-state index is 12.6. The highest BCUT2D eigenvalue weighted by molar-refractivity contribution is 5.92. The number of hydrogen-bond acceptors (Lipinski definition) is 5. The maximum Gasteiger partial charge on any atom is 0.273 e. The Bertz CT molecular complexity index is 913. The van der Waals surface area contributed by atoms with E-state index in [4.69, 9.17) is 4.52 Å². The number of nitrogens with one attached hydrogen (secondary N) is 1. The summed E-state index contributed by atoms with van der Waals surface area (Å²) in [6.45, 7) is 4.00. The molecule has 0 unspecified atom stereocenters. The van der Waals surface area contributed by atoms with Crippen LogP contribution in [0.1, 0.15) is 66.2 Å². The van der Waals surface area contributed by atoms with Gasteiger partial charge in [-0.25, -0.2) is 9.67 Å². The van der Waals surface area contributed by atoms with Crippen LogP contribution in [0.4, 0.5) is 0 Å². The average Bonchev–Trinajstić information content (AvgIpc) is 3.30. The lowest BCUT2D eigenvalue weighted by molar-refractivity contribution is 0.0923. The maximum absolute atomic E-state index is 12.6. The SMILES string of the molecule is CC(C)c1cc(C(=O)N[C@@H]2CCCc3c2cnn3-c2ccccn2)no1. The highest BCUT2D eigenvalue weighted by Gasteiger charge is 2.27. The lowest BCUT2D eigenvalue weighted by Crippen LogP contribution is -2.31. The van der Waals surface area contributed by atoms with Crippen molar-refractivity contribution in [2.75, 3.05) is 0 Å². The van der Waals surface area contributed by atoms with E-state index in [9.17, 15) is 4.79 Å². The fourth-order valence-electron chi connectivity index (χ4n) is 3.28. The van der Waals surface area contributed by atoms with Crippen molar-refractivity contribution in [1.29, 1.82) is 0 Å². The number of amides is 1. The van der Waals surface area contributed by atoms with Gasteiger partial charge in [-0.15, -0.1) is 0 Å². The Balaban J connectivity index is 1.56. The largest absolute Gasteiger partial charge is 0.360 e. The van der Waals surface area contributed by atoms with Crippen LogP contribution in [-0.4, -0.2) is 25.8 Å². The second kappa shape index (κ2) is 6.74. The van der Waals surface area contributed by atoms with E-state index in [-0.39, 0.29) is 17.9 Å². The van der Waals surface area contributed by atoms with Gasteiger partial charge in [-0.2, -0.15) is 5.10 Å². The summed E-state index contributed by atoms with van der Waals surface area (Å²) in [5, 5.41) is 11.5.